The summed E-state index contributed by atoms with van der Waals surface area (Å²) in [4.78, 5) is 38.9. The number of nitrogens with two attached hydrogens (primary N) is 1. The van der Waals surface area contributed by atoms with E-state index in [-0.39, 0.29) is 23.8 Å². The highest BCUT2D eigenvalue weighted by atomic mass is 16.2. The Bertz CT molecular complexity index is 662. The number of hydrogen-bond acceptors (Lipinski definition) is 4. The van der Waals surface area contributed by atoms with Crippen molar-refractivity contribution in [1.29, 1.82) is 0 Å². The summed E-state index contributed by atoms with van der Waals surface area (Å²) >= 11 is 0. The van der Waals surface area contributed by atoms with E-state index in [4.69, 9.17) is 5.73 Å². The number of nitrogens with zero attached hydrogens (tertiary/aromatic N) is 1. The summed E-state index contributed by atoms with van der Waals surface area (Å²) < 4.78 is 0. The molecule has 0 spiro atoms. The van der Waals surface area contributed by atoms with Crippen LogP contribution in [0.1, 0.15) is 32.6 Å². The fourth-order valence-corrected chi connectivity index (χ4v) is 3.60. The van der Waals surface area contributed by atoms with Gasteiger partial charge >= 0.3 is 0 Å². The van der Waals surface area contributed by atoms with E-state index < -0.39 is 18.1 Å². The molecule has 1 unspecified atom stereocenters. The zero-order chi connectivity index (χ0) is 18.0. The molecule has 2 heterocycles. The third-order valence-corrected chi connectivity index (χ3v) is 4.92. The van der Waals surface area contributed by atoms with Gasteiger partial charge in [0.25, 0.3) is 0 Å². The van der Waals surface area contributed by atoms with E-state index in [0.717, 1.165) is 12.8 Å². The maximum atomic E-state index is 12.8. The first-order valence-corrected chi connectivity index (χ1v) is 8.71. The van der Waals surface area contributed by atoms with E-state index in [9.17, 15) is 14.4 Å². The second-order valence-electron chi connectivity index (χ2n) is 6.77. The monoisotopic (exact) mass is 344 g/mol. The lowest BCUT2D eigenvalue weighted by Crippen LogP contribution is -2.59. The van der Waals surface area contributed by atoms with Crippen molar-refractivity contribution in [3.8, 4) is 0 Å². The molecule has 2 saturated heterocycles. The molecule has 134 valence electrons. The number of carbonyl (C=O) groups excluding carboxylic acids is 3. The van der Waals surface area contributed by atoms with Crippen LogP contribution in [0.4, 0.5) is 5.69 Å². The topological polar surface area (TPSA) is 105 Å². The maximum absolute atomic E-state index is 12.8. The number of nitrogens with one attached hydrogen (secondary N) is 2. The van der Waals surface area contributed by atoms with Gasteiger partial charge in [-0.25, -0.2) is 0 Å². The predicted molar refractivity (Wildman–Crippen MR) is 93.5 cm³/mol. The van der Waals surface area contributed by atoms with E-state index >= 15 is 0 Å². The molecule has 25 heavy (non-hydrogen) atoms. The van der Waals surface area contributed by atoms with Crippen LogP contribution in [0.15, 0.2) is 30.3 Å². The molecule has 1 aromatic carbocycles. The van der Waals surface area contributed by atoms with Crippen molar-refractivity contribution in [2.45, 2.75) is 56.8 Å². The molecule has 2 fully saturated rings. The highest BCUT2D eigenvalue weighted by Crippen LogP contribution is 2.33. The van der Waals surface area contributed by atoms with Gasteiger partial charge in [-0.3, -0.25) is 14.4 Å². The number of fused-ring (bicyclic) bond motifs is 1. The largest absolute Gasteiger partial charge is 0.343 e. The Balaban J connectivity index is 1.69. The standard InChI is InChI=1S/C18H24N4O3/c1-11(19)16(23)21-14-9-7-13-8-10-15(22(13)18(14)25)17(24)20-12-5-3-2-4-6-12/h2-6,11,13-15H,7-10,19H2,1H3,(H,20,24)(H,21,23)/t11-,13?,14-,15-/m0/s1. The number of amides is 3. The minimum absolute atomic E-state index is 0.0717. The minimum atomic E-state index is -0.665. The third-order valence-electron chi connectivity index (χ3n) is 4.92. The zero-order valence-electron chi connectivity index (χ0n) is 14.3. The van der Waals surface area contributed by atoms with Crippen LogP contribution in [-0.4, -0.2) is 46.8 Å². The lowest BCUT2D eigenvalue weighted by atomic mass is 9.97. The molecule has 0 bridgehead atoms. The number of carbonyl (C=O) groups is 3. The van der Waals surface area contributed by atoms with Gasteiger partial charge in [0.05, 0.1) is 6.04 Å². The van der Waals surface area contributed by atoms with Crippen LogP contribution >= 0.6 is 0 Å². The highest BCUT2D eigenvalue weighted by molar-refractivity contribution is 5.99. The number of anilines is 1. The van der Waals surface area contributed by atoms with Gasteiger partial charge in [0, 0.05) is 11.7 Å². The Morgan fingerprint density at radius 3 is 2.52 bits per heavy atom. The van der Waals surface area contributed by atoms with Gasteiger partial charge in [0.1, 0.15) is 12.1 Å². The molecular formula is C18H24N4O3. The molecule has 0 saturated carbocycles. The van der Waals surface area contributed by atoms with Crippen molar-refractivity contribution in [3.05, 3.63) is 30.3 Å². The van der Waals surface area contributed by atoms with Crippen molar-refractivity contribution in [2.24, 2.45) is 5.73 Å². The predicted octanol–water partition coefficient (Wildman–Crippen LogP) is 0.611. The summed E-state index contributed by atoms with van der Waals surface area (Å²) in [7, 11) is 0. The van der Waals surface area contributed by atoms with Crippen LogP contribution in [0.25, 0.3) is 0 Å². The van der Waals surface area contributed by atoms with E-state index in [1.54, 1.807) is 11.8 Å². The van der Waals surface area contributed by atoms with E-state index in [0.29, 0.717) is 18.5 Å². The summed E-state index contributed by atoms with van der Waals surface area (Å²) in [5.41, 5.74) is 6.28. The highest BCUT2D eigenvalue weighted by Gasteiger charge is 2.46. The molecule has 2 aliphatic rings. The van der Waals surface area contributed by atoms with Crippen LogP contribution in [0, 0.1) is 0 Å². The summed E-state index contributed by atoms with van der Waals surface area (Å²) in [6, 6.07) is 7.51. The van der Waals surface area contributed by atoms with Crippen LogP contribution in [0.2, 0.25) is 0 Å². The molecule has 4 atom stereocenters. The third kappa shape index (κ3) is 3.66. The first kappa shape index (κ1) is 17.4. The van der Waals surface area contributed by atoms with Crippen LogP contribution in [-0.2, 0) is 14.4 Å². The maximum Gasteiger partial charge on any atom is 0.247 e. The molecule has 2 aliphatic heterocycles. The second-order valence-corrected chi connectivity index (χ2v) is 6.77. The molecule has 0 aromatic heterocycles. The van der Waals surface area contributed by atoms with Crippen molar-refractivity contribution in [3.63, 3.8) is 0 Å². The minimum Gasteiger partial charge on any atom is -0.343 e. The van der Waals surface area contributed by atoms with Gasteiger partial charge in [-0.15, -0.1) is 0 Å². The van der Waals surface area contributed by atoms with Crippen molar-refractivity contribution >= 4 is 23.4 Å². The van der Waals surface area contributed by atoms with E-state index in [1.165, 1.54) is 0 Å². The van der Waals surface area contributed by atoms with Gasteiger partial charge in [-0.1, -0.05) is 18.2 Å². The van der Waals surface area contributed by atoms with Gasteiger partial charge in [-0.2, -0.15) is 0 Å². The van der Waals surface area contributed by atoms with Crippen LogP contribution in [0.5, 0.6) is 0 Å². The Kier molecular flexibility index (Phi) is 5.03. The Labute approximate surface area is 146 Å². The van der Waals surface area contributed by atoms with Crippen molar-refractivity contribution < 1.29 is 14.4 Å². The first-order chi connectivity index (χ1) is 12.0. The summed E-state index contributed by atoms with van der Waals surface area (Å²) in [5, 5.41) is 5.57. The zero-order valence-corrected chi connectivity index (χ0v) is 14.3. The number of hydrogen-bond donors (Lipinski definition) is 3. The Morgan fingerprint density at radius 1 is 1.16 bits per heavy atom. The summed E-state index contributed by atoms with van der Waals surface area (Å²) in [6.07, 6.45) is 2.83. The molecule has 3 rings (SSSR count). The molecular weight excluding hydrogens is 320 g/mol. The summed E-state index contributed by atoms with van der Waals surface area (Å²) in [5.74, 6) is -0.710. The molecule has 7 nitrogen and oxygen atoms in total. The van der Waals surface area contributed by atoms with Gasteiger partial charge in [0.2, 0.25) is 17.7 Å². The molecule has 3 amide bonds. The average molecular weight is 344 g/mol. The Hall–Kier alpha value is -2.41. The van der Waals surface area contributed by atoms with E-state index in [1.807, 2.05) is 30.3 Å². The first-order valence-electron chi connectivity index (χ1n) is 8.71. The SMILES string of the molecule is C[C@H](N)C(=O)N[C@H]1CCC2CC[C@@H](C(=O)Nc3ccccc3)N2C1=O. The second kappa shape index (κ2) is 7.23. The molecule has 7 heteroatoms. The summed E-state index contributed by atoms with van der Waals surface area (Å²) in [6.45, 7) is 1.58. The molecule has 0 radical (unpaired) electrons. The van der Waals surface area contributed by atoms with Crippen molar-refractivity contribution in [1.82, 2.24) is 10.2 Å². The molecule has 1 aromatic rings. The molecule has 4 N–H and O–H groups in total. The number of para-hydroxylation sites is 1. The van der Waals surface area contributed by atoms with Crippen LogP contribution < -0.4 is 16.4 Å². The van der Waals surface area contributed by atoms with Crippen molar-refractivity contribution in [2.75, 3.05) is 5.32 Å². The number of benzene rings is 1. The lowest BCUT2D eigenvalue weighted by molar-refractivity contribution is -0.145. The van der Waals surface area contributed by atoms with Gasteiger partial charge in [0.15, 0.2) is 0 Å². The van der Waals surface area contributed by atoms with Gasteiger partial charge < -0.3 is 21.3 Å². The lowest BCUT2D eigenvalue weighted by Gasteiger charge is -2.38. The molecule has 0 aliphatic carbocycles. The average Bonchev–Trinajstić information content (AvgIpc) is 3.03. The number of rotatable bonds is 4. The van der Waals surface area contributed by atoms with Crippen LogP contribution in [0.3, 0.4) is 0 Å². The Morgan fingerprint density at radius 2 is 1.84 bits per heavy atom. The smallest absolute Gasteiger partial charge is 0.247 e. The fourth-order valence-electron chi connectivity index (χ4n) is 3.60. The van der Waals surface area contributed by atoms with E-state index in [2.05, 4.69) is 10.6 Å². The quantitative estimate of drug-likeness (QED) is 0.744. The normalized spacial score (nSPS) is 26.7. The fraction of sp³-hybridized carbons (Fsp3) is 0.500. The van der Waals surface area contributed by atoms with Gasteiger partial charge in [-0.05, 0) is 44.7 Å². The number of piperidine rings is 1.